The quantitative estimate of drug-likeness (QED) is 0.568. The van der Waals surface area contributed by atoms with E-state index in [1.54, 1.807) is 0 Å². The first-order valence-electron chi connectivity index (χ1n) is 6.06. The molecule has 1 fully saturated rings. The molecule has 0 amide bonds. The summed E-state index contributed by atoms with van der Waals surface area (Å²) in [5.41, 5.74) is 0. The molecule has 0 N–H and O–H groups in total. The average Bonchev–Trinajstić information content (AvgIpc) is 1.98. The van der Waals surface area contributed by atoms with Crippen molar-refractivity contribution in [2.75, 3.05) is 21.1 Å². The molecule has 0 spiro atoms. The lowest BCUT2D eigenvalue weighted by atomic mass is 9.66. The van der Waals surface area contributed by atoms with Gasteiger partial charge in [0, 0.05) is 11.8 Å². The molecule has 1 aliphatic carbocycles. The molecule has 1 rings (SSSR count). The summed E-state index contributed by atoms with van der Waals surface area (Å²) in [6.45, 7) is 9.74. The van der Waals surface area contributed by atoms with Gasteiger partial charge in [-0.1, -0.05) is 27.7 Å². The molecule has 0 aromatic carbocycles. The van der Waals surface area contributed by atoms with Crippen LogP contribution in [0.5, 0.6) is 0 Å². The maximum atomic E-state index is 2.45. The predicted molar refractivity (Wildman–Crippen MR) is 63.1 cm³/mol. The molecular formula is C13H28N+. The third-order valence-corrected chi connectivity index (χ3v) is 4.51. The Balaban J connectivity index is 2.88. The second kappa shape index (κ2) is 3.84. The van der Waals surface area contributed by atoms with E-state index in [-0.39, 0.29) is 0 Å². The van der Waals surface area contributed by atoms with Crippen LogP contribution >= 0.6 is 0 Å². The fraction of sp³-hybridized carbons (Fsp3) is 1.00. The Bertz CT molecular complexity index is 178. The molecule has 4 unspecified atom stereocenters. The molecular weight excluding hydrogens is 170 g/mol. The first kappa shape index (κ1) is 12.0. The Hall–Kier alpha value is -0.0400. The van der Waals surface area contributed by atoms with E-state index in [0.29, 0.717) is 0 Å². The Morgan fingerprint density at radius 2 is 1.14 bits per heavy atom. The largest absolute Gasteiger partial charge is 0.328 e. The molecule has 1 aliphatic rings. The summed E-state index contributed by atoms with van der Waals surface area (Å²) in [4.78, 5) is 0. The Morgan fingerprint density at radius 3 is 1.43 bits per heavy atom. The minimum Gasteiger partial charge on any atom is -0.328 e. The monoisotopic (exact) mass is 198 g/mol. The van der Waals surface area contributed by atoms with Gasteiger partial charge in [0.05, 0.1) is 27.2 Å². The Morgan fingerprint density at radius 1 is 0.786 bits per heavy atom. The van der Waals surface area contributed by atoms with Gasteiger partial charge in [-0.3, -0.25) is 0 Å². The minimum atomic E-state index is 0.828. The highest BCUT2D eigenvalue weighted by Gasteiger charge is 2.43. The van der Waals surface area contributed by atoms with Crippen molar-refractivity contribution in [1.29, 1.82) is 0 Å². The van der Waals surface area contributed by atoms with E-state index in [1.165, 1.54) is 6.42 Å². The summed E-state index contributed by atoms with van der Waals surface area (Å²) in [5.74, 6) is 3.51. The lowest BCUT2D eigenvalue weighted by Gasteiger charge is -2.49. The van der Waals surface area contributed by atoms with Gasteiger partial charge in [0.25, 0.3) is 0 Å². The number of rotatable bonds is 1. The maximum Gasteiger partial charge on any atom is 0.0940 e. The Labute approximate surface area is 90.1 Å². The second-order valence-corrected chi connectivity index (χ2v) is 6.52. The highest BCUT2D eigenvalue weighted by Crippen LogP contribution is 2.41. The number of quaternary nitrogens is 1. The molecule has 1 nitrogen and oxygen atoms in total. The number of hydrogen-bond acceptors (Lipinski definition) is 0. The van der Waals surface area contributed by atoms with Gasteiger partial charge in [-0.15, -0.1) is 0 Å². The molecule has 1 heteroatoms. The van der Waals surface area contributed by atoms with Crippen molar-refractivity contribution in [2.24, 2.45) is 23.7 Å². The zero-order valence-corrected chi connectivity index (χ0v) is 11.0. The molecule has 0 saturated heterocycles. The standard InChI is InChI=1S/C13H28N/c1-9-8-10(2)12(4)13(11(9)3)14(5,6)7/h9-13H,8H2,1-7H3/q+1/t9?,10?,11-,12?,13?/m1/s1. The first-order chi connectivity index (χ1) is 6.25. The van der Waals surface area contributed by atoms with Crippen LogP contribution in [0.1, 0.15) is 34.1 Å². The van der Waals surface area contributed by atoms with Crippen LogP contribution in [0.15, 0.2) is 0 Å². The average molecular weight is 198 g/mol. The van der Waals surface area contributed by atoms with E-state index in [0.717, 1.165) is 34.2 Å². The first-order valence-corrected chi connectivity index (χ1v) is 6.06. The molecule has 14 heavy (non-hydrogen) atoms. The normalized spacial score (nSPS) is 45.2. The van der Waals surface area contributed by atoms with Crippen LogP contribution in [0.4, 0.5) is 0 Å². The van der Waals surface area contributed by atoms with Crippen LogP contribution in [0.3, 0.4) is 0 Å². The highest BCUT2D eigenvalue weighted by atomic mass is 15.3. The molecule has 0 aliphatic heterocycles. The molecule has 5 atom stereocenters. The summed E-state index contributed by atoms with van der Waals surface area (Å²) in [7, 11) is 7.05. The van der Waals surface area contributed by atoms with Gasteiger partial charge in [-0.25, -0.2) is 0 Å². The molecule has 0 bridgehead atoms. The van der Waals surface area contributed by atoms with E-state index in [9.17, 15) is 0 Å². The van der Waals surface area contributed by atoms with Gasteiger partial charge >= 0.3 is 0 Å². The fourth-order valence-corrected chi connectivity index (χ4v) is 3.58. The van der Waals surface area contributed by atoms with Crippen molar-refractivity contribution < 1.29 is 4.48 Å². The lowest BCUT2D eigenvalue weighted by Crippen LogP contribution is -2.57. The summed E-state index contributed by atoms with van der Waals surface area (Å²) in [5, 5.41) is 0. The van der Waals surface area contributed by atoms with Crippen LogP contribution in [0.25, 0.3) is 0 Å². The summed E-state index contributed by atoms with van der Waals surface area (Å²) >= 11 is 0. The van der Waals surface area contributed by atoms with Crippen molar-refractivity contribution in [3.8, 4) is 0 Å². The van der Waals surface area contributed by atoms with Crippen LogP contribution in [-0.2, 0) is 0 Å². The lowest BCUT2D eigenvalue weighted by molar-refractivity contribution is -0.906. The van der Waals surface area contributed by atoms with E-state index >= 15 is 0 Å². The van der Waals surface area contributed by atoms with Gasteiger partial charge in [0.15, 0.2) is 0 Å². The number of hydrogen-bond donors (Lipinski definition) is 0. The maximum absolute atomic E-state index is 2.45. The highest BCUT2D eigenvalue weighted by molar-refractivity contribution is 4.86. The van der Waals surface area contributed by atoms with E-state index < -0.39 is 0 Å². The summed E-state index contributed by atoms with van der Waals surface area (Å²) in [6.07, 6.45) is 1.42. The van der Waals surface area contributed by atoms with Gasteiger partial charge in [-0.05, 0) is 18.3 Å². The fourth-order valence-electron chi connectivity index (χ4n) is 3.58. The van der Waals surface area contributed by atoms with Crippen LogP contribution in [-0.4, -0.2) is 31.7 Å². The SMILES string of the molecule is CC1CC(C)[C@@H](C)C([N+](C)(C)C)C1C. The van der Waals surface area contributed by atoms with Gasteiger partial charge in [0.1, 0.15) is 0 Å². The minimum absolute atomic E-state index is 0.828. The second-order valence-electron chi connectivity index (χ2n) is 6.52. The van der Waals surface area contributed by atoms with E-state index in [4.69, 9.17) is 0 Å². The van der Waals surface area contributed by atoms with E-state index in [1.807, 2.05) is 0 Å². The van der Waals surface area contributed by atoms with Crippen molar-refractivity contribution in [2.45, 2.75) is 40.2 Å². The molecule has 0 radical (unpaired) electrons. The van der Waals surface area contributed by atoms with Crippen molar-refractivity contribution in [3.63, 3.8) is 0 Å². The smallest absolute Gasteiger partial charge is 0.0940 e. The molecule has 0 aromatic rings. The van der Waals surface area contributed by atoms with Gasteiger partial charge < -0.3 is 4.48 Å². The van der Waals surface area contributed by atoms with Crippen LogP contribution in [0, 0.1) is 23.7 Å². The molecule has 0 aromatic heterocycles. The zero-order valence-electron chi connectivity index (χ0n) is 11.0. The van der Waals surface area contributed by atoms with Crippen molar-refractivity contribution in [1.82, 2.24) is 0 Å². The third-order valence-electron chi connectivity index (χ3n) is 4.51. The van der Waals surface area contributed by atoms with E-state index in [2.05, 4.69) is 48.8 Å². The van der Waals surface area contributed by atoms with Gasteiger partial charge in [0.2, 0.25) is 0 Å². The van der Waals surface area contributed by atoms with Crippen molar-refractivity contribution in [3.05, 3.63) is 0 Å². The van der Waals surface area contributed by atoms with Gasteiger partial charge in [-0.2, -0.15) is 0 Å². The zero-order chi connectivity index (χ0) is 11.1. The summed E-state index contributed by atoms with van der Waals surface area (Å²) < 4.78 is 1.12. The molecule has 0 heterocycles. The third kappa shape index (κ3) is 2.13. The predicted octanol–water partition coefficient (Wildman–Crippen LogP) is 3.01. The number of nitrogens with zero attached hydrogens (tertiary/aromatic N) is 1. The Kier molecular flexibility index (Phi) is 3.30. The summed E-state index contributed by atoms with van der Waals surface area (Å²) in [6, 6.07) is 0.828. The van der Waals surface area contributed by atoms with Crippen molar-refractivity contribution >= 4 is 0 Å². The molecule has 1 saturated carbocycles. The van der Waals surface area contributed by atoms with Crippen LogP contribution in [0.2, 0.25) is 0 Å². The topological polar surface area (TPSA) is 0 Å². The van der Waals surface area contributed by atoms with Crippen LogP contribution < -0.4 is 0 Å². The molecule has 84 valence electrons.